The molecule has 4 rings (SSSR count). The molecule has 4 aromatic rings. The number of halogens is 3. The summed E-state index contributed by atoms with van der Waals surface area (Å²) < 4.78 is 49.5. The van der Waals surface area contributed by atoms with E-state index in [0.29, 0.717) is 18.0 Å². The Balaban J connectivity index is 0.00000228. The summed E-state index contributed by atoms with van der Waals surface area (Å²) in [4.78, 5) is 4.24. The maximum absolute atomic E-state index is 16.4. The molecule has 0 bridgehead atoms. The smallest absolute Gasteiger partial charge is 0.182 e. The first-order valence-electron chi connectivity index (χ1n) is 10.2. The maximum Gasteiger partial charge on any atom is 0.182 e. The van der Waals surface area contributed by atoms with Gasteiger partial charge < -0.3 is 14.2 Å². The molecule has 0 aliphatic carbocycles. The van der Waals surface area contributed by atoms with Crippen LogP contribution in [0.15, 0.2) is 67.1 Å². The van der Waals surface area contributed by atoms with Gasteiger partial charge in [0.05, 0.1) is 12.2 Å². The van der Waals surface area contributed by atoms with Gasteiger partial charge in [-0.3, -0.25) is 9.37 Å². The molecule has 0 saturated heterocycles. The van der Waals surface area contributed by atoms with Gasteiger partial charge in [0.2, 0.25) is 0 Å². The first-order chi connectivity index (χ1) is 16.3. The summed E-state index contributed by atoms with van der Waals surface area (Å²) in [5, 5.41) is 22.3. The van der Waals surface area contributed by atoms with Crippen LogP contribution in [0.25, 0.3) is 11.1 Å². The predicted octanol–water partition coefficient (Wildman–Crippen LogP) is 3.95. The quantitative estimate of drug-likeness (QED) is 0.202. The van der Waals surface area contributed by atoms with Crippen molar-refractivity contribution < 1.29 is 101 Å². The molecule has 1 N–H and O–H groups in total. The van der Waals surface area contributed by atoms with Crippen molar-refractivity contribution >= 4 is 0 Å². The van der Waals surface area contributed by atoms with E-state index in [2.05, 4.69) is 26.6 Å². The second-order valence-electron chi connectivity index (χ2n) is 7.70. The van der Waals surface area contributed by atoms with E-state index in [1.807, 2.05) is 0 Å². The normalized spacial score (nSPS) is 13.6. The average Bonchev–Trinajstić information content (AvgIpc) is 3.36. The van der Waals surface area contributed by atoms with Gasteiger partial charge in [0.15, 0.2) is 5.67 Å². The minimum absolute atomic E-state index is 0. The molecule has 0 saturated carbocycles. The van der Waals surface area contributed by atoms with Crippen molar-refractivity contribution in [1.29, 1.82) is 0 Å². The van der Waals surface area contributed by atoms with Crippen LogP contribution in [0.1, 0.15) is 18.2 Å². The zero-order valence-electron chi connectivity index (χ0n) is 19.6. The first kappa shape index (κ1) is 33.8. The van der Waals surface area contributed by atoms with Crippen molar-refractivity contribution in [2.24, 2.45) is 0 Å². The fourth-order valence-electron chi connectivity index (χ4n) is 3.64. The SMILES string of the molecule is CC(F)(c1ccc(-c2ccc(OC[CH-]F)cc2)cn1)C(O)(Cn1cnnn1)c1cc[c-]cc1F.[Hf].[Hf].[Hf]. The number of tetrazole rings is 1. The molecule has 0 radical (unpaired) electrons. The molecule has 13 heteroatoms. The summed E-state index contributed by atoms with van der Waals surface area (Å²) in [6, 6.07) is 16.1. The summed E-state index contributed by atoms with van der Waals surface area (Å²) in [5.74, 6) is -0.334. The van der Waals surface area contributed by atoms with Crippen LogP contribution in [-0.2, 0) is 95.3 Å². The molecule has 188 valence electrons. The van der Waals surface area contributed by atoms with Crippen LogP contribution in [0.4, 0.5) is 13.2 Å². The Bertz CT molecular complexity index is 1230. The van der Waals surface area contributed by atoms with E-state index in [4.69, 9.17) is 4.74 Å². The third-order valence-corrected chi connectivity index (χ3v) is 5.56. The first-order valence-corrected chi connectivity index (χ1v) is 10.2. The van der Waals surface area contributed by atoms with Crippen LogP contribution < -0.4 is 4.74 Å². The van der Waals surface area contributed by atoms with Gasteiger partial charge in [-0.05, 0) is 47.7 Å². The Morgan fingerprint density at radius 1 is 1.08 bits per heavy atom. The van der Waals surface area contributed by atoms with Crippen LogP contribution in [0.5, 0.6) is 5.75 Å². The predicted molar refractivity (Wildman–Crippen MR) is 116 cm³/mol. The van der Waals surface area contributed by atoms with Crippen molar-refractivity contribution in [3.8, 4) is 16.9 Å². The number of aromatic nitrogens is 5. The summed E-state index contributed by atoms with van der Waals surface area (Å²) in [5.41, 5.74) is -3.89. The molecular weight excluding hydrogens is 983 g/mol. The second-order valence-corrected chi connectivity index (χ2v) is 7.70. The van der Waals surface area contributed by atoms with Crippen molar-refractivity contribution in [2.75, 3.05) is 6.61 Å². The summed E-state index contributed by atoms with van der Waals surface area (Å²) in [6.45, 7) is 0.918. The molecule has 7 nitrogen and oxygen atoms in total. The number of alkyl halides is 1. The van der Waals surface area contributed by atoms with Gasteiger partial charge in [0, 0.05) is 95.1 Å². The third-order valence-electron chi connectivity index (χ3n) is 5.56. The van der Waals surface area contributed by atoms with Crippen molar-refractivity contribution in [2.45, 2.75) is 24.7 Å². The Hall–Kier alpha value is -1.18. The topological polar surface area (TPSA) is 86.0 Å². The van der Waals surface area contributed by atoms with Crippen LogP contribution >= 0.6 is 0 Å². The largest absolute Gasteiger partial charge is 0.523 e. The fourth-order valence-corrected chi connectivity index (χ4v) is 3.64. The van der Waals surface area contributed by atoms with E-state index in [1.54, 1.807) is 30.3 Å². The van der Waals surface area contributed by atoms with E-state index in [9.17, 15) is 13.9 Å². The summed E-state index contributed by atoms with van der Waals surface area (Å²) in [6.07, 6.45) is 2.65. The molecule has 0 aliphatic heterocycles. The summed E-state index contributed by atoms with van der Waals surface area (Å²) >= 11 is 0. The minimum atomic E-state index is -2.54. The summed E-state index contributed by atoms with van der Waals surface area (Å²) in [7, 11) is 0. The van der Waals surface area contributed by atoms with Gasteiger partial charge >= 0.3 is 0 Å². The molecule has 2 unspecified atom stereocenters. The standard InChI is InChI=1S/C24H20F3N5O2.3Hf/c1-23(27,24(33,15-32-16-29-30-31-32)20-4-2-3-5-21(20)26)22-11-8-18(14-28-22)17-6-9-19(10-7-17)34-13-12-25;;;/h2,4-12,14,16,33H,13,15H2,1H3;;;/q-2;;;. The zero-order chi connectivity index (χ0) is 24.2. The monoisotopic (exact) mass is 1010 g/mol. The van der Waals surface area contributed by atoms with E-state index >= 15 is 4.39 Å². The van der Waals surface area contributed by atoms with Gasteiger partial charge in [-0.1, -0.05) is 23.8 Å². The number of nitrogens with zero attached hydrogens (tertiary/aromatic N) is 5. The molecule has 0 amide bonds. The average molecular weight is 1000 g/mol. The van der Waals surface area contributed by atoms with Crippen LogP contribution in [0.3, 0.4) is 0 Å². The van der Waals surface area contributed by atoms with Gasteiger partial charge in [0.25, 0.3) is 0 Å². The van der Waals surface area contributed by atoms with Crippen LogP contribution in [0, 0.1) is 18.6 Å². The van der Waals surface area contributed by atoms with E-state index < -0.39 is 23.6 Å². The number of rotatable bonds is 9. The number of hydrogen-bond donors (Lipinski definition) is 1. The molecular formula is C24H20F3Hf3N5O2-2. The van der Waals surface area contributed by atoms with E-state index in [0.717, 1.165) is 23.2 Å². The third kappa shape index (κ3) is 7.48. The van der Waals surface area contributed by atoms with E-state index in [-0.39, 0.29) is 95.4 Å². The van der Waals surface area contributed by atoms with Crippen molar-refractivity contribution in [3.63, 3.8) is 0 Å². The molecule has 37 heavy (non-hydrogen) atoms. The molecule has 2 heterocycles. The Kier molecular flexibility index (Phi) is 13.6. The number of aliphatic hydroxyl groups is 1. The Morgan fingerprint density at radius 2 is 1.78 bits per heavy atom. The van der Waals surface area contributed by atoms with E-state index in [1.165, 1.54) is 30.7 Å². The molecule has 0 aliphatic rings. The second kappa shape index (κ2) is 14.8. The maximum atomic E-state index is 16.4. The fraction of sp³-hybridized carbons (Fsp3) is 0.208. The number of ether oxygens (including phenoxy) is 1. The van der Waals surface area contributed by atoms with Gasteiger partial charge in [-0.2, -0.15) is 18.2 Å². The molecule has 2 aromatic heterocycles. The molecule has 2 atom stereocenters. The van der Waals surface area contributed by atoms with Crippen molar-refractivity contribution in [3.05, 3.63) is 96.9 Å². The molecule has 0 spiro atoms. The van der Waals surface area contributed by atoms with Crippen molar-refractivity contribution in [1.82, 2.24) is 25.2 Å². The van der Waals surface area contributed by atoms with Gasteiger partial charge in [-0.25, -0.2) is 9.07 Å². The zero-order valence-corrected chi connectivity index (χ0v) is 30.3. The minimum Gasteiger partial charge on any atom is -0.523 e. The number of benzene rings is 2. The van der Waals surface area contributed by atoms with Crippen LogP contribution in [0.2, 0.25) is 0 Å². The Labute approximate surface area is 268 Å². The number of pyridine rings is 1. The van der Waals surface area contributed by atoms with Gasteiger partial charge in [-0.15, -0.1) is 17.8 Å². The Morgan fingerprint density at radius 3 is 2.35 bits per heavy atom. The number of hydrogen-bond acceptors (Lipinski definition) is 6. The van der Waals surface area contributed by atoms with Crippen LogP contribution in [-0.4, -0.2) is 36.9 Å². The molecule has 2 aromatic carbocycles. The van der Waals surface area contributed by atoms with Gasteiger partial charge in [0.1, 0.15) is 17.7 Å². The molecule has 0 fully saturated rings.